The van der Waals surface area contributed by atoms with E-state index in [0.717, 1.165) is 5.56 Å². The van der Waals surface area contributed by atoms with Crippen molar-refractivity contribution in [1.29, 1.82) is 0 Å². The van der Waals surface area contributed by atoms with Crippen LogP contribution in [0.4, 0.5) is 10.1 Å². The Kier molecular flexibility index (Phi) is 4.45. The van der Waals surface area contributed by atoms with Crippen molar-refractivity contribution in [3.8, 4) is 0 Å². The molecule has 1 aromatic rings. The highest BCUT2D eigenvalue weighted by Gasteiger charge is 2.19. The van der Waals surface area contributed by atoms with Gasteiger partial charge in [-0.15, -0.1) is 0 Å². The molecule has 1 aliphatic heterocycles. The first-order chi connectivity index (χ1) is 9.58. The molecule has 1 aliphatic rings. The van der Waals surface area contributed by atoms with Crippen LogP contribution in [-0.2, 0) is 25.5 Å². The minimum Gasteiger partial charge on any atom is -0.469 e. The number of methoxy groups -OCH3 is 1. The van der Waals surface area contributed by atoms with Gasteiger partial charge in [0.15, 0.2) is 0 Å². The molecule has 2 rings (SSSR count). The Bertz CT molecular complexity index is 568. The quantitative estimate of drug-likeness (QED) is 0.790. The van der Waals surface area contributed by atoms with Crippen LogP contribution in [0, 0.1) is 5.82 Å². The zero-order chi connectivity index (χ0) is 14.5. The summed E-state index contributed by atoms with van der Waals surface area (Å²) < 4.78 is 22.7. The van der Waals surface area contributed by atoms with E-state index in [1.54, 1.807) is 6.07 Å². The second-order valence-corrected chi connectivity index (χ2v) is 4.36. The number of hydrogen-bond acceptors (Lipinski definition) is 5. The SMILES string of the molecule is COC(=O)CCc1ccc(F)cc1N=C1COC(=O)C1. The molecule has 1 fully saturated rings. The van der Waals surface area contributed by atoms with Crippen LogP contribution in [0.3, 0.4) is 0 Å². The van der Waals surface area contributed by atoms with E-state index in [-0.39, 0.29) is 31.4 Å². The average Bonchev–Trinajstić information content (AvgIpc) is 2.83. The molecule has 0 aliphatic carbocycles. The molecule has 6 heteroatoms. The largest absolute Gasteiger partial charge is 0.469 e. The van der Waals surface area contributed by atoms with E-state index in [9.17, 15) is 14.0 Å². The molecule has 0 radical (unpaired) electrons. The summed E-state index contributed by atoms with van der Waals surface area (Å²) in [4.78, 5) is 26.4. The Labute approximate surface area is 115 Å². The van der Waals surface area contributed by atoms with Crippen LogP contribution in [0.25, 0.3) is 0 Å². The van der Waals surface area contributed by atoms with E-state index in [0.29, 0.717) is 17.8 Å². The number of carbonyl (C=O) groups excluding carboxylic acids is 2. The second-order valence-electron chi connectivity index (χ2n) is 4.36. The lowest BCUT2D eigenvalue weighted by atomic mass is 10.1. The standard InChI is InChI=1S/C14H14FNO4/c1-19-13(17)5-3-9-2-4-10(15)6-12(9)16-11-7-14(18)20-8-11/h2,4,6H,3,5,7-8H2,1H3. The third-order valence-electron chi connectivity index (χ3n) is 2.90. The highest BCUT2D eigenvalue weighted by atomic mass is 19.1. The molecule has 0 atom stereocenters. The third kappa shape index (κ3) is 3.63. The monoisotopic (exact) mass is 279 g/mol. The van der Waals surface area contributed by atoms with Crippen LogP contribution in [0.15, 0.2) is 23.2 Å². The summed E-state index contributed by atoms with van der Waals surface area (Å²) in [6.45, 7) is 0.131. The van der Waals surface area contributed by atoms with E-state index in [1.807, 2.05) is 0 Å². The Morgan fingerprint density at radius 2 is 2.30 bits per heavy atom. The summed E-state index contributed by atoms with van der Waals surface area (Å²) in [5.41, 5.74) is 1.70. The van der Waals surface area contributed by atoms with Gasteiger partial charge in [-0.25, -0.2) is 4.39 Å². The van der Waals surface area contributed by atoms with E-state index < -0.39 is 5.82 Å². The Morgan fingerprint density at radius 1 is 1.50 bits per heavy atom. The minimum atomic E-state index is -0.420. The number of aryl methyl sites for hydroxylation is 1. The van der Waals surface area contributed by atoms with Gasteiger partial charge in [0.1, 0.15) is 12.4 Å². The maximum atomic E-state index is 13.3. The fourth-order valence-electron chi connectivity index (χ4n) is 1.87. The number of nitrogens with zero attached hydrogens (tertiary/aromatic N) is 1. The number of cyclic esters (lactones) is 1. The Balaban J connectivity index is 2.19. The summed E-state index contributed by atoms with van der Waals surface area (Å²) in [6.07, 6.45) is 0.705. The van der Waals surface area contributed by atoms with Crippen molar-refractivity contribution in [2.45, 2.75) is 19.3 Å². The van der Waals surface area contributed by atoms with Gasteiger partial charge >= 0.3 is 11.9 Å². The zero-order valence-corrected chi connectivity index (χ0v) is 11.0. The predicted molar refractivity (Wildman–Crippen MR) is 69.4 cm³/mol. The summed E-state index contributed by atoms with van der Waals surface area (Å²) >= 11 is 0. The molecule has 0 spiro atoms. The van der Waals surface area contributed by atoms with Gasteiger partial charge < -0.3 is 9.47 Å². The van der Waals surface area contributed by atoms with Gasteiger partial charge in [-0.2, -0.15) is 0 Å². The van der Waals surface area contributed by atoms with Crippen LogP contribution >= 0.6 is 0 Å². The van der Waals surface area contributed by atoms with Gasteiger partial charge in [0.2, 0.25) is 0 Å². The summed E-state index contributed by atoms with van der Waals surface area (Å²) in [7, 11) is 1.32. The van der Waals surface area contributed by atoms with Crippen LogP contribution in [0.5, 0.6) is 0 Å². The fourth-order valence-corrected chi connectivity index (χ4v) is 1.87. The van der Waals surface area contributed by atoms with Crippen molar-refractivity contribution in [1.82, 2.24) is 0 Å². The Morgan fingerprint density at radius 3 is 2.95 bits per heavy atom. The molecule has 0 N–H and O–H groups in total. The molecule has 0 unspecified atom stereocenters. The molecule has 5 nitrogen and oxygen atoms in total. The molecule has 0 amide bonds. The molecule has 0 aromatic heterocycles. The maximum Gasteiger partial charge on any atom is 0.312 e. The molecule has 1 saturated heterocycles. The molecular formula is C14H14FNO4. The van der Waals surface area contributed by atoms with Crippen molar-refractivity contribution >= 4 is 23.3 Å². The van der Waals surface area contributed by atoms with Crippen molar-refractivity contribution in [3.63, 3.8) is 0 Å². The summed E-state index contributed by atoms with van der Waals surface area (Å²) in [5, 5.41) is 0. The van der Waals surface area contributed by atoms with Crippen LogP contribution < -0.4 is 0 Å². The molecular weight excluding hydrogens is 265 g/mol. The molecule has 1 aromatic carbocycles. The number of ether oxygens (including phenoxy) is 2. The lowest BCUT2D eigenvalue weighted by molar-refractivity contribution is -0.140. The van der Waals surface area contributed by atoms with E-state index in [4.69, 9.17) is 4.74 Å². The maximum absolute atomic E-state index is 13.3. The first-order valence-corrected chi connectivity index (χ1v) is 6.16. The first kappa shape index (κ1) is 14.2. The van der Waals surface area contributed by atoms with Crippen molar-refractivity contribution in [3.05, 3.63) is 29.6 Å². The third-order valence-corrected chi connectivity index (χ3v) is 2.90. The fraction of sp³-hybridized carbons (Fsp3) is 0.357. The summed E-state index contributed by atoms with van der Waals surface area (Å²) in [6, 6.07) is 4.17. The van der Waals surface area contributed by atoms with E-state index in [2.05, 4.69) is 9.73 Å². The lowest BCUT2D eigenvalue weighted by Crippen LogP contribution is -2.02. The number of hydrogen-bond donors (Lipinski definition) is 0. The first-order valence-electron chi connectivity index (χ1n) is 6.16. The highest BCUT2D eigenvalue weighted by Crippen LogP contribution is 2.23. The van der Waals surface area contributed by atoms with Gasteiger partial charge in [-0.05, 0) is 24.1 Å². The van der Waals surface area contributed by atoms with Crippen LogP contribution in [-0.4, -0.2) is 31.4 Å². The van der Waals surface area contributed by atoms with Crippen LogP contribution in [0.2, 0.25) is 0 Å². The van der Waals surface area contributed by atoms with E-state index in [1.165, 1.54) is 19.2 Å². The van der Waals surface area contributed by atoms with Crippen LogP contribution in [0.1, 0.15) is 18.4 Å². The predicted octanol–water partition coefficient (Wildman–Crippen LogP) is 1.95. The minimum absolute atomic E-state index is 0.118. The molecule has 0 saturated carbocycles. The number of carbonyl (C=O) groups is 2. The molecule has 1 heterocycles. The van der Waals surface area contributed by atoms with Crippen molar-refractivity contribution < 1.29 is 23.5 Å². The molecule has 0 bridgehead atoms. The normalized spacial score (nSPS) is 16.3. The molecule has 20 heavy (non-hydrogen) atoms. The van der Waals surface area contributed by atoms with Gasteiger partial charge in [-0.3, -0.25) is 14.6 Å². The number of benzene rings is 1. The number of rotatable bonds is 4. The number of halogens is 1. The smallest absolute Gasteiger partial charge is 0.312 e. The van der Waals surface area contributed by atoms with Gasteiger partial charge in [0.05, 0.1) is 24.9 Å². The number of aliphatic imine (C=N–C) groups is 1. The van der Waals surface area contributed by atoms with Gasteiger partial charge in [0.25, 0.3) is 0 Å². The highest BCUT2D eigenvalue weighted by molar-refractivity contribution is 6.05. The molecule has 106 valence electrons. The van der Waals surface area contributed by atoms with Gasteiger partial charge in [0, 0.05) is 6.42 Å². The number of esters is 2. The topological polar surface area (TPSA) is 65.0 Å². The second kappa shape index (κ2) is 6.27. The van der Waals surface area contributed by atoms with Gasteiger partial charge in [-0.1, -0.05) is 6.07 Å². The zero-order valence-electron chi connectivity index (χ0n) is 11.0. The van der Waals surface area contributed by atoms with Crippen molar-refractivity contribution in [2.75, 3.05) is 13.7 Å². The Hall–Kier alpha value is -2.24. The van der Waals surface area contributed by atoms with E-state index >= 15 is 0 Å². The lowest BCUT2D eigenvalue weighted by Gasteiger charge is -2.06. The van der Waals surface area contributed by atoms with Crippen molar-refractivity contribution in [2.24, 2.45) is 4.99 Å². The average molecular weight is 279 g/mol. The summed E-state index contributed by atoms with van der Waals surface area (Å²) in [5.74, 6) is -1.10.